The van der Waals surface area contributed by atoms with E-state index in [1.807, 2.05) is 0 Å². The smallest absolute Gasteiger partial charge is 0.0809 e. The van der Waals surface area contributed by atoms with Crippen molar-refractivity contribution in [1.29, 1.82) is 0 Å². The minimum atomic E-state index is -0.612. The van der Waals surface area contributed by atoms with Gasteiger partial charge in [-0.25, -0.2) is 0 Å². The summed E-state index contributed by atoms with van der Waals surface area (Å²) in [5.41, 5.74) is 3.33. The number of rotatable bonds is 6. The number of hydrogen-bond acceptors (Lipinski definition) is 3. The van der Waals surface area contributed by atoms with Crippen LogP contribution in [0, 0.1) is 23.2 Å². The van der Waals surface area contributed by atoms with E-state index in [1.165, 1.54) is 57.8 Å². The summed E-state index contributed by atoms with van der Waals surface area (Å²) in [7, 11) is 0. The van der Waals surface area contributed by atoms with Gasteiger partial charge in [0.25, 0.3) is 0 Å². The Balaban J connectivity index is 1.38. The first-order valence-electron chi connectivity index (χ1n) is 13.4. The molecule has 3 heteroatoms. The maximum Gasteiger partial charge on any atom is 0.0809 e. The molecule has 0 amide bonds. The summed E-state index contributed by atoms with van der Waals surface area (Å²) in [6, 6.07) is 0. The normalized spacial score (nSPS) is 39.3. The zero-order valence-electron chi connectivity index (χ0n) is 20.5. The van der Waals surface area contributed by atoms with Crippen molar-refractivity contribution in [3.63, 3.8) is 0 Å². The molecule has 180 valence electrons. The molecule has 4 aliphatic carbocycles. The zero-order valence-corrected chi connectivity index (χ0v) is 20.5. The topological polar surface area (TPSA) is 60.7 Å². The molecule has 0 radical (unpaired) electrons. The summed E-state index contributed by atoms with van der Waals surface area (Å²) in [5, 5.41) is 31.0. The highest BCUT2D eigenvalue weighted by atomic mass is 16.3. The summed E-state index contributed by atoms with van der Waals surface area (Å²) in [6.45, 7) is 8.85. The molecule has 4 saturated carbocycles. The summed E-state index contributed by atoms with van der Waals surface area (Å²) < 4.78 is 0. The third-order valence-corrected chi connectivity index (χ3v) is 9.86. The molecule has 0 saturated heterocycles. The monoisotopic (exact) mass is 442 g/mol. The minimum Gasteiger partial charge on any atom is -0.390 e. The molecule has 6 atom stereocenters. The van der Waals surface area contributed by atoms with E-state index in [-0.39, 0.29) is 5.60 Å². The van der Waals surface area contributed by atoms with Crippen LogP contribution in [0.2, 0.25) is 0 Å². The molecule has 4 aliphatic rings. The van der Waals surface area contributed by atoms with Gasteiger partial charge < -0.3 is 15.3 Å². The molecule has 4 fully saturated rings. The standard InChI is InChI=1S/C29H46O3/c1-20(8-6-17-29(32)15-4-5-16-29)24-12-13-25-23(9-7-14-28(24,25)3)11-10-22-18-26(30)21(2)27(31)19-22/h10-11,20,24-27,30-32H,2,4-9,12-19H2,1,3H3/t20-,24?,25?,26+,27+,28+/m0/s1. The van der Waals surface area contributed by atoms with Gasteiger partial charge in [0.15, 0.2) is 0 Å². The maximum absolute atomic E-state index is 10.7. The predicted octanol–water partition coefficient (Wildman–Crippen LogP) is 6.24. The van der Waals surface area contributed by atoms with Crippen LogP contribution in [0.1, 0.15) is 104 Å². The molecule has 0 aromatic rings. The van der Waals surface area contributed by atoms with E-state index < -0.39 is 12.2 Å². The lowest BCUT2D eigenvalue weighted by molar-refractivity contribution is 0.0318. The van der Waals surface area contributed by atoms with Gasteiger partial charge in [-0.05, 0) is 93.0 Å². The van der Waals surface area contributed by atoms with Crippen molar-refractivity contribution in [3.05, 3.63) is 35.5 Å². The van der Waals surface area contributed by atoms with Crippen LogP contribution in [0.25, 0.3) is 0 Å². The second-order valence-electron chi connectivity index (χ2n) is 12.0. The highest BCUT2D eigenvalue weighted by molar-refractivity contribution is 5.29. The van der Waals surface area contributed by atoms with Crippen LogP contribution in [0.3, 0.4) is 0 Å². The highest BCUT2D eigenvalue weighted by Crippen LogP contribution is 2.60. The molecule has 0 bridgehead atoms. The summed E-state index contributed by atoms with van der Waals surface area (Å²) in [6.07, 6.45) is 18.8. The van der Waals surface area contributed by atoms with Gasteiger partial charge in [-0.1, -0.05) is 69.4 Å². The number of fused-ring (bicyclic) bond motifs is 1. The lowest BCUT2D eigenvalue weighted by Gasteiger charge is -2.44. The molecular formula is C29H46O3. The largest absolute Gasteiger partial charge is 0.390 e. The van der Waals surface area contributed by atoms with Gasteiger partial charge in [0.05, 0.1) is 17.8 Å². The van der Waals surface area contributed by atoms with Crippen LogP contribution in [0.15, 0.2) is 35.5 Å². The first kappa shape index (κ1) is 24.2. The van der Waals surface area contributed by atoms with Gasteiger partial charge in [0.2, 0.25) is 0 Å². The fraction of sp³-hybridized carbons (Fsp3) is 0.793. The first-order chi connectivity index (χ1) is 15.2. The van der Waals surface area contributed by atoms with Crippen molar-refractivity contribution in [2.75, 3.05) is 0 Å². The van der Waals surface area contributed by atoms with E-state index in [0.29, 0.717) is 29.7 Å². The fourth-order valence-corrected chi connectivity index (χ4v) is 7.88. The van der Waals surface area contributed by atoms with Gasteiger partial charge in [-0.15, -0.1) is 0 Å². The molecule has 0 aromatic carbocycles. The van der Waals surface area contributed by atoms with Gasteiger partial charge in [0, 0.05) is 0 Å². The zero-order chi connectivity index (χ0) is 22.9. The predicted molar refractivity (Wildman–Crippen MR) is 131 cm³/mol. The Bertz CT molecular complexity index is 728. The van der Waals surface area contributed by atoms with Gasteiger partial charge in [0.1, 0.15) is 0 Å². The van der Waals surface area contributed by atoms with Crippen LogP contribution < -0.4 is 0 Å². The highest BCUT2D eigenvalue weighted by Gasteiger charge is 2.50. The number of allylic oxidation sites excluding steroid dienone is 3. The van der Waals surface area contributed by atoms with E-state index in [9.17, 15) is 15.3 Å². The Kier molecular flexibility index (Phi) is 7.39. The van der Waals surface area contributed by atoms with Gasteiger partial charge in [-0.3, -0.25) is 0 Å². The number of aliphatic hydroxyl groups is 3. The molecule has 0 aliphatic heterocycles. The van der Waals surface area contributed by atoms with Gasteiger partial charge in [-0.2, -0.15) is 0 Å². The van der Waals surface area contributed by atoms with E-state index in [4.69, 9.17) is 0 Å². The second kappa shape index (κ2) is 9.76. The maximum atomic E-state index is 10.7. The van der Waals surface area contributed by atoms with Crippen molar-refractivity contribution < 1.29 is 15.3 Å². The number of hydrogen-bond donors (Lipinski definition) is 3. The molecule has 2 unspecified atom stereocenters. The van der Waals surface area contributed by atoms with Crippen LogP contribution in [0.5, 0.6) is 0 Å². The average Bonchev–Trinajstić information content (AvgIpc) is 3.33. The van der Waals surface area contributed by atoms with E-state index in [2.05, 4.69) is 32.6 Å². The summed E-state index contributed by atoms with van der Waals surface area (Å²) in [5.74, 6) is 2.18. The molecular weight excluding hydrogens is 396 g/mol. The summed E-state index contributed by atoms with van der Waals surface area (Å²) in [4.78, 5) is 0. The Morgan fingerprint density at radius 2 is 1.72 bits per heavy atom. The lowest BCUT2D eigenvalue weighted by Crippen LogP contribution is -2.36. The third-order valence-electron chi connectivity index (χ3n) is 9.86. The molecule has 0 heterocycles. The number of aliphatic hydroxyl groups excluding tert-OH is 2. The molecule has 32 heavy (non-hydrogen) atoms. The molecule has 3 nitrogen and oxygen atoms in total. The molecule has 0 spiro atoms. The Morgan fingerprint density at radius 1 is 1.03 bits per heavy atom. The van der Waals surface area contributed by atoms with Crippen molar-refractivity contribution in [3.8, 4) is 0 Å². The van der Waals surface area contributed by atoms with Crippen LogP contribution in [0.4, 0.5) is 0 Å². The minimum absolute atomic E-state index is 0.358. The van der Waals surface area contributed by atoms with Crippen molar-refractivity contribution in [1.82, 2.24) is 0 Å². The fourth-order valence-electron chi connectivity index (χ4n) is 7.88. The lowest BCUT2D eigenvalue weighted by atomic mass is 9.60. The van der Waals surface area contributed by atoms with Crippen molar-refractivity contribution >= 4 is 0 Å². The van der Waals surface area contributed by atoms with Crippen molar-refractivity contribution in [2.24, 2.45) is 23.2 Å². The summed E-state index contributed by atoms with van der Waals surface area (Å²) >= 11 is 0. The van der Waals surface area contributed by atoms with Gasteiger partial charge >= 0.3 is 0 Å². The Morgan fingerprint density at radius 3 is 2.41 bits per heavy atom. The Hall–Kier alpha value is -0.900. The SMILES string of the molecule is C=C1[C@H](O)CC(=CC=C2CCC[C@@]3(C)C2CCC3[C@@H](C)CCCC2(O)CCCC2)C[C@H]1O. The Labute approximate surface area is 195 Å². The van der Waals surface area contributed by atoms with Crippen LogP contribution >= 0.6 is 0 Å². The first-order valence-corrected chi connectivity index (χ1v) is 13.4. The van der Waals surface area contributed by atoms with E-state index in [0.717, 1.165) is 36.7 Å². The van der Waals surface area contributed by atoms with Crippen LogP contribution in [-0.2, 0) is 0 Å². The average molecular weight is 443 g/mol. The second-order valence-corrected chi connectivity index (χ2v) is 12.0. The molecule has 4 rings (SSSR count). The quantitative estimate of drug-likeness (QED) is 0.427. The van der Waals surface area contributed by atoms with E-state index >= 15 is 0 Å². The van der Waals surface area contributed by atoms with E-state index in [1.54, 1.807) is 5.57 Å². The van der Waals surface area contributed by atoms with Crippen LogP contribution in [-0.4, -0.2) is 33.1 Å². The molecule has 0 aromatic heterocycles. The van der Waals surface area contributed by atoms with Crippen molar-refractivity contribution in [2.45, 2.75) is 122 Å². The molecule has 3 N–H and O–H groups in total. The third kappa shape index (κ3) is 4.95.